The van der Waals surface area contributed by atoms with Crippen LogP contribution in [-0.2, 0) is 4.79 Å². The van der Waals surface area contributed by atoms with Gasteiger partial charge < -0.3 is 4.90 Å². The van der Waals surface area contributed by atoms with Crippen LogP contribution in [0.4, 0.5) is 4.39 Å². The lowest BCUT2D eigenvalue weighted by Gasteiger charge is -2.25. The van der Waals surface area contributed by atoms with Gasteiger partial charge in [-0.2, -0.15) is 0 Å². The summed E-state index contributed by atoms with van der Waals surface area (Å²) >= 11 is 0. The van der Waals surface area contributed by atoms with Gasteiger partial charge in [-0.25, -0.2) is 4.39 Å². The Labute approximate surface area is 142 Å². The Morgan fingerprint density at radius 1 is 1.25 bits per heavy atom. The van der Waals surface area contributed by atoms with Gasteiger partial charge in [0.2, 0.25) is 5.91 Å². The molecule has 2 aromatic rings. The number of nitrogens with zero attached hydrogens (tertiary/aromatic N) is 2. The quantitative estimate of drug-likeness (QED) is 0.818. The van der Waals surface area contributed by atoms with Gasteiger partial charge in [0.1, 0.15) is 5.82 Å². The van der Waals surface area contributed by atoms with Crippen LogP contribution in [0.5, 0.6) is 0 Å². The smallest absolute Gasteiger partial charge is 0.223 e. The van der Waals surface area contributed by atoms with Gasteiger partial charge in [0.25, 0.3) is 0 Å². The molecule has 1 aromatic carbocycles. The van der Waals surface area contributed by atoms with Crippen molar-refractivity contribution < 1.29 is 9.18 Å². The van der Waals surface area contributed by atoms with Crippen LogP contribution >= 0.6 is 0 Å². The van der Waals surface area contributed by atoms with Crippen LogP contribution in [-0.4, -0.2) is 22.3 Å². The van der Waals surface area contributed by atoms with Crippen LogP contribution in [0, 0.1) is 12.7 Å². The summed E-state index contributed by atoms with van der Waals surface area (Å²) < 4.78 is 13.2. The Bertz CT molecular complexity index is 727. The minimum Gasteiger partial charge on any atom is -0.334 e. The Balaban J connectivity index is 1.93. The van der Waals surface area contributed by atoms with Crippen LogP contribution in [0.2, 0.25) is 0 Å². The number of hydrogen-bond acceptors (Lipinski definition) is 2. The maximum absolute atomic E-state index is 13.2. The largest absolute Gasteiger partial charge is 0.334 e. The summed E-state index contributed by atoms with van der Waals surface area (Å²) in [6, 6.07) is 10.6. The van der Waals surface area contributed by atoms with Crippen molar-refractivity contribution in [1.82, 2.24) is 9.88 Å². The Kier molecular flexibility index (Phi) is 4.93. The SMILES string of the molecule is CCCC(=O)N1CCC[C@@H]1c1cc(-c2ccc(F)cc2)cc(C)n1. The molecule has 1 amide bonds. The maximum Gasteiger partial charge on any atom is 0.223 e. The summed E-state index contributed by atoms with van der Waals surface area (Å²) in [7, 11) is 0. The molecule has 0 radical (unpaired) electrons. The molecule has 2 heterocycles. The summed E-state index contributed by atoms with van der Waals surface area (Å²) in [4.78, 5) is 19.0. The molecule has 126 valence electrons. The first kappa shape index (κ1) is 16.6. The van der Waals surface area contributed by atoms with Crippen molar-refractivity contribution in [2.45, 2.75) is 45.6 Å². The van der Waals surface area contributed by atoms with E-state index < -0.39 is 0 Å². The minimum atomic E-state index is -0.239. The number of halogens is 1. The molecule has 1 aromatic heterocycles. The van der Waals surface area contributed by atoms with Crippen LogP contribution in [0.3, 0.4) is 0 Å². The number of aryl methyl sites for hydroxylation is 1. The van der Waals surface area contributed by atoms with E-state index in [-0.39, 0.29) is 17.8 Å². The molecule has 3 rings (SSSR count). The highest BCUT2D eigenvalue weighted by atomic mass is 19.1. The molecule has 1 fully saturated rings. The first-order valence-electron chi connectivity index (χ1n) is 8.62. The molecular formula is C20H23FN2O. The highest BCUT2D eigenvalue weighted by Gasteiger charge is 2.30. The van der Waals surface area contributed by atoms with Gasteiger partial charge in [-0.05, 0) is 61.6 Å². The molecule has 1 aliphatic heterocycles. The number of carbonyl (C=O) groups excluding carboxylic acids is 1. The third-order valence-corrected chi connectivity index (χ3v) is 4.53. The number of aromatic nitrogens is 1. The third-order valence-electron chi connectivity index (χ3n) is 4.53. The molecule has 1 saturated heterocycles. The topological polar surface area (TPSA) is 33.2 Å². The van der Waals surface area contributed by atoms with Gasteiger partial charge >= 0.3 is 0 Å². The monoisotopic (exact) mass is 326 g/mol. The van der Waals surface area contributed by atoms with Crippen molar-refractivity contribution in [2.24, 2.45) is 0 Å². The van der Waals surface area contributed by atoms with E-state index >= 15 is 0 Å². The molecule has 0 bridgehead atoms. The standard InChI is InChI=1S/C20H23FN2O/c1-3-5-20(24)23-11-4-6-19(23)18-13-16(12-14(2)22-18)15-7-9-17(21)10-8-15/h7-10,12-13,19H,3-6,11H2,1-2H3/t19-/m1/s1. The highest BCUT2D eigenvalue weighted by molar-refractivity contribution is 5.77. The molecule has 0 spiro atoms. The van der Waals surface area contributed by atoms with Crippen molar-refractivity contribution >= 4 is 5.91 Å². The van der Waals surface area contributed by atoms with Gasteiger partial charge in [0.05, 0.1) is 11.7 Å². The number of amides is 1. The molecule has 1 aliphatic rings. The maximum atomic E-state index is 13.2. The number of benzene rings is 1. The summed E-state index contributed by atoms with van der Waals surface area (Å²) in [6.07, 6.45) is 3.42. The van der Waals surface area contributed by atoms with E-state index in [4.69, 9.17) is 0 Å². The summed E-state index contributed by atoms with van der Waals surface area (Å²) in [5.74, 6) is -0.0245. The second-order valence-electron chi connectivity index (χ2n) is 6.42. The van der Waals surface area contributed by atoms with E-state index in [1.165, 1.54) is 12.1 Å². The van der Waals surface area contributed by atoms with E-state index in [2.05, 4.69) is 4.98 Å². The zero-order valence-corrected chi connectivity index (χ0v) is 14.3. The van der Waals surface area contributed by atoms with Gasteiger partial charge in [0.15, 0.2) is 0 Å². The third kappa shape index (κ3) is 3.48. The van der Waals surface area contributed by atoms with Crippen LogP contribution in [0.25, 0.3) is 11.1 Å². The van der Waals surface area contributed by atoms with E-state index in [9.17, 15) is 9.18 Å². The number of rotatable bonds is 4. The lowest BCUT2D eigenvalue weighted by molar-refractivity contribution is -0.132. The van der Waals surface area contributed by atoms with Crippen molar-refractivity contribution in [3.8, 4) is 11.1 Å². The van der Waals surface area contributed by atoms with Gasteiger partial charge in [0, 0.05) is 18.7 Å². The lowest BCUT2D eigenvalue weighted by atomic mass is 10.0. The Hall–Kier alpha value is -2.23. The highest BCUT2D eigenvalue weighted by Crippen LogP contribution is 2.33. The number of likely N-dealkylation sites (tertiary alicyclic amines) is 1. The summed E-state index contributed by atoms with van der Waals surface area (Å²) in [5.41, 5.74) is 3.85. The van der Waals surface area contributed by atoms with E-state index in [0.717, 1.165) is 48.3 Å². The predicted molar refractivity (Wildman–Crippen MR) is 93.0 cm³/mol. The van der Waals surface area contributed by atoms with Crippen molar-refractivity contribution in [2.75, 3.05) is 6.54 Å². The molecule has 0 N–H and O–H groups in total. The summed E-state index contributed by atoms with van der Waals surface area (Å²) in [6.45, 7) is 4.80. The van der Waals surface area contributed by atoms with Crippen LogP contribution in [0.15, 0.2) is 36.4 Å². The fourth-order valence-electron chi connectivity index (χ4n) is 3.40. The fraction of sp³-hybridized carbons (Fsp3) is 0.400. The van der Waals surface area contributed by atoms with E-state index in [1.807, 2.05) is 30.9 Å². The van der Waals surface area contributed by atoms with Crippen molar-refractivity contribution in [1.29, 1.82) is 0 Å². The van der Waals surface area contributed by atoms with E-state index in [0.29, 0.717) is 6.42 Å². The fourth-order valence-corrected chi connectivity index (χ4v) is 3.40. The van der Waals surface area contributed by atoms with Crippen molar-refractivity contribution in [3.05, 3.63) is 53.6 Å². The first-order valence-corrected chi connectivity index (χ1v) is 8.62. The molecule has 24 heavy (non-hydrogen) atoms. The normalized spacial score (nSPS) is 17.3. The second kappa shape index (κ2) is 7.12. The molecule has 1 atom stereocenters. The van der Waals surface area contributed by atoms with Gasteiger partial charge in [-0.3, -0.25) is 9.78 Å². The average molecular weight is 326 g/mol. The molecule has 0 saturated carbocycles. The van der Waals surface area contributed by atoms with Crippen LogP contribution in [0.1, 0.15) is 50.0 Å². The van der Waals surface area contributed by atoms with E-state index in [1.54, 1.807) is 12.1 Å². The molecule has 0 unspecified atom stereocenters. The second-order valence-corrected chi connectivity index (χ2v) is 6.42. The number of pyridine rings is 1. The Morgan fingerprint density at radius 3 is 2.71 bits per heavy atom. The van der Waals surface area contributed by atoms with Crippen LogP contribution < -0.4 is 0 Å². The Morgan fingerprint density at radius 2 is 2.00 bits per heavy atom. The number of hydrogen-bond donors (Lipinski definition) is 0. The van der Waals surface area contributed by atoms with Gasteiger partial charge in [-0.15, -0.1) is 0 Å². The zero-order chi connectivity index (χ0) is 17.1. The van der Waals surface area contributed by atoms with Crippen molar-refractivity contribution in [3.63, 3.8) is 0 Å². The molecule has 3 nitrogen and oxygen atoms in total. The molecular weight excluding hydrogens is 303 g/mol. The minimum absolute atomic E-state index is 0.0585. The average Bonchev–Trinajstić information content (AvgIpc) is 3.05. The predicted octanol–water partition coefficient (Wildman–Crippen LogP) is 4.66. The van der Waals surface area contributed by atoms with Gasteiger partial charge in [-0.1, -0.05) is 19.1 Å². The number of carbonyl (C=O) groups is 1. The molecule has 0 aliphatic carbocycles. The lowest BCUT2D eigenvalue weighted by Crippen LogP contribution is -2.30. The molecule has 4 heteroatoms. The summed E-state index contributed by atoms with van der Waals surface area (Å²) in [5, 5.41) is 0. The zero-order valence-electron chi connectivity index (χ0n) is 14.3. The first-order chi connectivity index (χ1) is 11.6.